The van der Waals surface area contributed by atoms with E-state index in [1.54, 1.807) is 0 Å². The van der Waals surface area contributed by atoms with E-state index in [4.69, 9.17) is 21.3 Å². The van der Waals surface area contributed by atoms with Gasteiger partial charge in [0, 0.05) is 6.42 Å². The van der Waals surface area contributed by atoms with Crippen molar-refractivity contribution in [2.75, 3.05) is 6.61 Å². The monoisotopic (exact) mass is 301 g/mol. The molecule has 0 saturated carbocycles. The van der Waals surface area contributed by atoms with Crippen molar-refractivity contribution < 1.29 is 29.3 Å². The lowest BCUT2D eigenvalue weighted by molar-refractivity contribution is -0.164. The molecule has 2 aliphatic rings. The van der Waals surface area contributed by atoms with Crippen molar-refractivity contribution in [1.29, 1.82) is 0 Å². The van der Waals surface area contributed by atoms with E-state index in [0.717, 1.165) is 0 Å². The van der Waals surface area contributed by atoms with Crippen LogP contribution in [0.2, 0.25) is 0 Å². The van der Waals surface area contributed by atoms with E-state index >= 15 is 0 Å². The predicted octanol–water partition coefficient (Wildman–Crippen LogP) is -4.46. The molecule has 0 aromatic heterocycles. The minimum atomic E-state index is -2.37. The molecule has 2 aliphatic heterocycles. The number of carbonyl (C=O) groups is 3. The zero-order chi connectivity index (χ0) is 15.8. The van der Waals surface area contributed by atoms with Gasteiger partial charge in [0.15, 0.2) is 5.96 Å². The summed E-state index contributed by atoms with van der Waals surface area (Å²) >= 11 is 0. The van der Waals surface area contributed by atoms with Crippen LogP contribution in [-0.4, -0.2) is 70.0 Å². The number of nitrogens with two attached hydrogens (primary N) is 2. The Balaban J connectivity index is 2.37. The molecule has 7 N–H and O–H groups in total. The number of aliphatic hydroxyl groups excluding tert-OH is 2. The molecule has 0 aromatic rings. The average molecular weight is 301 g/mol. The van der Waals surface area contributed by atoms with Crippen LogP contribution in [0, 0.1) is 0 Å². The van der Waals surface area contributed by atoms with E-state index in [1.165, 1.54) is 0 Å². The first-order valence-corrected chi connectivity index (χ1v) is 6.01. The summed E-state index contributed by atoms with van der Waals surface area (Å²) in [6, 6.07) is 0. The SMILES string of the molecule is NC(=O)C1(N(C=O)[C@H]2C[C@H](O)[C@@H](CO)O2)N=C(N)NC1=O. The summed E-state index contributed by atoms with van der Waals surface area (Å²) in [6.45, 7) is -0.495. The smallest absolute Gasteiger partial charge is 0.298 e. The summed E-state index contributed by atoms with van der Waals surface area (Å²) < 4.78 is 5.24. The van der Waals surface area contributed by atoms with Crippen LogP contribution in [0.1, 0.15) is 6.42 Å². The first-order chi connectivity index (χ1) is 9.86. The van der Waals surface area contributed by atoms with Gasteiger partial charge in [0.1, 0.15) is 12.3 Å². The Morgan fingerprint density at radius 3 is 2.71 bits per heavy atom. The summed E-state index contributed by atoms with van der Waals surface area (Å²) in [5.41, 5.74) is 8.17. The largest absolute Gasteiger partial charge is 0.394 e. The van der Waals surface area contributed by atoms with Crippen LogP contribution < -0.4 is 16.8 Å². The van der Waals surface area contributed by atoms with Crippen molar-refractivity contribution >= 4 is 24.2 Å². The van der Waals surface area contributed by atoms with E-state index in [9.17, 15) is 19.5 Å². The molecular weight excluding hydrogens is 286 g/mol. The third kappa shape index (κ3) is 2.20. The van der Waals surface area contributed by atoms with Gasteiger partial charge in [0.2, 0.25) is 6.41 Å². The number of hydrogen-bond acceptors (Lipinski definition) is 8. The molecule has 0 spiro atoms. The van der Waals surface area contributed by atoms with E-state index < -0.39 is 42.5 Å². The number of nitrogens with zero attached hydrogens (tertiary/aromatic N) is 2. The summed E-state index contributed by atoms with van der Waals surface area (Å²) in [5.74, 6) is -2.59. The molecule has 0 bridgehead atoms. The minimum absolute atomic E-state index is 0.123. The number of guanidine groups is 1. The molecule has 2 rings (SSSR count). The molecule has 0 radical (unpaired) electrons. The molecule has 11 heteroatoms. The highest BCUT2D eigenvalue weighted by Crippen LogP contribution is 2.30. The maximum atomic E-state index is 12.0. The second-order valence-corrected chi connectivity index (χ2v) is 4.62. The van der Waals surface area contributed by atoms with Crippen LogP contribution in [0.4, 0.5) is 0 Å². The van der Waals surface area contributed by atoms with Crippen LogP contribution in [-0.2, 0) is 19.1 Å². The van der Waals surface area contributed by atoms with Crippen molar-refractivity contribution in [2.45, 2.75) is 30.5 Å². The molecule has 2 heterocycles. The Hall–Kier alpha value is -2.24. The van der Waals surface area contributed by atoms with Gasteiger partial charge in [-0.3, -0.25) is 24.6 Å². The van der Waals surface area contributed by atoms with E-state index in [2.05, 4.69) is 10.3 Å². The molecule has 0 aliphatic carbocycles. The van der Waals surface area contributed by atoms with Gasteiger partial charge < -0.3 is 26.4 Å². The molecule has 21 heavy (non-hydrogen) atoms. The number of aliphatic hydroxyl groups is 2. The molecule has 1 saturated heterocycles. The van der Waals surface area contributed by atoms with E-state index in [-0.39, 0.29) is 18.8 Å². The Labute approximate surface area is 118 Å². The molecule has 4 atom stereocenters. The maximum absolute atomic E-state index is 12.0. The number of amides is 3. The van der Waals surface area contributed by atoms with Crippen molar-refractivity contribution in [1.82, 2.24) is 10.2 Å². The van der Waals surface area contributed by atoms with Crippen molar-refractivity contribution in [2.24, 2.45) is 16.5 Å². The number of nitrogens with one attached hydrogen (secondary N) is 1. The Bertz CT molecular complexity index is 510. The van der Waals surface area contributed by atoms with Crippen LogP contribution in [0.3, 0.4) is 0 Å². The molecule has 116 valence electrons. The van der Waals surface area contributed by atoms with E-state index in [1.807, 2.05) is 0 Å². The minimum Gasteiger partial charge on any atom is -0.394 e. The normalized spacial score (nSPS) is 35.2. The van der Waals surface area contributed by atoms with Gasteiger partial charge in [0.05, 0.1) is 12.7 Å². The number of carbonyl (C=O) groups excluding carboxylic acids is 3. The zero-order valence-electron chi connectivity index (χ0n) is 10.8. The van der Waals surface area contributed by atoms with Gasteiger partial charge in [0.25, 0.3) is 17.5 Å². The number of hydrogen-bond donors (Lipinski definition) is 5. The second-order valence-electron chi connectivity index (χ2n) is 4.62. The predicted molar refractivity (Wildman–Crippen MR) is 66.0 cm³/mol. The lowest BCUT2D eigenvalue weighted by Crippen LogP contribution is -2.64. The van der Waals surface area contributed by atoms with Gasteiger partial charge in [-0.05, 0) is 0 Å². The quantitative estimate of drug-likeness (QED) is 0.250. The zero-order valence-corrected chi connectivity index (χ0v) is 10.8. The van der Waals surface area contributed by atoms with Crippen LogP contribution in [0.5, 0.6) is 0 Å². The first-order valence-electron chi connectivity index (χ1n) is 6.01. The number of ether oxygens (including phenoxy) is 1. The van der Waals surface area contributed by atoms with Crippen LogP contribution >= 0.6 is 0 Å². The molecule has 0 aromatic carbocycles. The van der Waals surface area contributed by atoms with Gasteiger partial charge in [-0.1, -0.05) is 0 Å². The fourth-order valence-corrected chi connectivity index (χ4v) is 2.33. The highest BCUT2D eigenvalue weighted by atomic mass is 16.5. The summed E-state index contributed by atoms with van der Waals surface area (Å²) in [7, 11) is 0. The Kier molecular flexibility index (Phi) is 3.80. The standard InChI is InChI=1S/C10H15N5O6/c11-7(19)10(8(20)13-9(12)14-10)15(3-17)6-1-4(18)5(2-16)21-6/h3-6,16,18H,1-2H2,(H2,11,19)(H3,12,13,14,20)/t4-,5+,6+,10?/m0/s1. The molecular formula is C10H15N5O6. The number of primary amides is 1. The summed E-state index contributed by atoms with van der Waals surface area (Å²) in [4.78, 5) is 39.3. The first kappa shape index (κ1) is 15.2. The number of aliphatic imine (C=N–C) groups is 1. The molecule has 1 unspecified atom stereocenters. The molecule has 3 amide bonds. The highest BCUT2D eigenvalue weighted by Gasteiger charge is 2.57. The van der Waals surface area contributed by atoms with Crippen molar-refractivity contribution in [3.8, 4) is 0 Å². The molecule has 1 fully saturated rings. The summed E-state index contributed by atoms with van der Waals surface area (Å²) in [6.07, 6.45) is -3.15. The van der Waals surface area contributed by atoms with Gasteiger partial charge in [-0.25, -0.2) is 4.99 Å². The highest BCUT2D eigenvalue weighted by molar-refractivity contribution is 6.19. The molecule has 11 nitrogen and oxygen atoms in total. The fraction of sp³-hybridized carbons (Fsp3) is 0.600. The van der Waals surface area contributed by atoms with Crippen molar-refractivity contribution in [3.63, 3.8) is 0 Å². The fourth-order valence-electron chi connectivity index (χ4n) is 2.33. The lowest BCUT2D eigenvalue weighted by atomic mass is 10.1. The second kappa shape index (κ2) is 5.27. The van der Waals surface area contributed by atoms with Gasteiger partial charge >= 0.3 is 0 Å². The van der Waals surface area contributed by atoms with Gasteiger partial charge in [-0.2, -0.15) is 0 Å². The Morgan fingerprint density at radius 1 is 1.67 bits per heavy atom. The average Bonchev–Trinajstić information content (AvgIpc) is 2.92. The number of rotatable bonds is 5. The van der Waals surface area contributed by atoms with Crippen LogP contribution in [0.25, 0.3) is 0 Å². The van der Waals surface area contributed by atoms with Gasteiger partial charge in [-0.15, -0.1) is 0 Å². The Morgan fingerprint density at radius 2 is 2.33 bits per heavy atom. The van der Waals surface area contributed by atoms with Crippen LogP contribution in [0.15, 0.2) is 4.99 Å². The summed E-state index contributed by atoms with van der Waals surface area (Å²) in [5, 5.41) is 20.8. The van der Waals surface area contributed by atoms with E-state index in [0.29, 0.717) is 4.90 Å². The lowest BCUT2D eigenvalue weighted by Gasteiger charge is -2.34. The third-order valence-corrected chi connectivity index (χ3v) is 3.37. The topological polar surface area (TPSA) is 181 Å². The maximum Gasteiger partial charge on any atom is 0.298 e. The van der Waals surface area contributed by atoms with Crippen molar-refractivity contribution in [3.05, 3.63) is 0 Å². The third-order valence-electron chi connectivity index (χ3n) is 3.37.